The first-order valence-corrected chi connectivity index (χ1v) is 3.73. The van der Waals surface area contributed by atoms with Crippen LogP contribution in [0.3, 0.4) is 0 Å². The fourth-order valence-electron chi connectivity index (χ4n) is 1.32. The summed E-state index contributed by atoms with van der Waals surface area (Å²) in [6.45, 7) is -0.194. The first-order valence-electron chi connectivity index (χ1n) is 3.73. The van der Waals surface area contributed by atoms with E-state index >= 15 is 0 Å². The summed E-state index contributed by atoms with van der Waals surface area (Å²) in [5.41, 5.74) is 0. The van der Waals surface area contributed by atoms with Crippen molar-refractivity contribution in [2.24, 2.45) is 0 Å². The predicted molar refractivity (Wildman–Crippen MR) is 36.4 cm³/mol. The Kier molecular flexibility index (Phi) is 3.12. The molecule has 1 rings (SSSR count). The summed E-state index contributed by atoms with van der Waals surface area (Å²) in [7, 11) is 0. The van der Waals surface area contributed by atoms with Crippen LogP contribution in [0.1, 0.15) is 25.7 Å². The van der Waals surface area contributed by atoms with Crippen LogP contribution in [-0.4, -0.2) is 29.2 Å². The zero-order valence-corrected chi connectivity index (χ0v) is 5.99. The zero-order chi connectivity index (χ0) is 7.40. The summed E-state index contributed by atoms with van der Waals surface area (Å²) in [4.78, 5) is 0. The van der Waals surface area contributed by atoms with E-state index in [-0.39, 0.29) is 19.0 Å². The molecule has 0 aromatic rings. The van der Waals surface area contributed by atoms with E-state index in [1.807, 2.05) is 0 Å². The molecule has 0 bridgehead atoms. The molecule has 0 unspecified atom stereocenters. The van der Waals surface area contributed by atoms with Gasteiger partial charge in [0.1, 0.15) is 6.79 Å². The molecule has 3 nitrogen and oxygen atoms in total. The highest BCUT2D eigenvalue weighted by molar-refractivity contribution is 4.70. The van der Waals surface area contributed by atoms with Crippen LogP contribution < -0.4 is 0 Å². The monoisotopic (exact) mass is 146 g/mol. The van der Waals surface area contributed by atoms with Gasteiger partial charge in [-0.2, -0.15) is 0 Å². The maximum atomic E-state index is 9.08. The van der Waals surface area contributed by atoms with Crippen molar-refractivity contribution in [3.05, 3.63) is 0 Å². The van der Waals surface area contributed by atoms with Crippen molar-refractivity contribution in [1.82, 2.24) is 0 Å². The lowest BCUT2D eigenvalue weighted by Crippen LogP contribution is -2.24. The minimum Gasteiger partial charge on any atom is -0.393 e. The van der Waals surface area contributed by atoms with Crippen LogP contribution >= 0.6 is 0 Å². The third-order valence-corrected chi connectivity index (χ3v) is 1.95. The van der Waals surface area contributed by atoms with Gasteiger partial charge in [0.2, 0.25) is 0 Å². The zero-order valence-electron chi connectivity index (χ0n) is 5.99. The first kappa shape index (κ1) is 7.98. The molecule has 0 heterocycles. The smallest absolute Gasteiger partial charge is 0.143 e. The molecule has 0 amide bonds. The van der Waals surface area contributed by atoms with Gasteiger partial charge in [-0.1, -0.05) is 0 Å². The highest BCUT2D eigenvalue weighted by Crippen LogP contribution is 2.20. The van der Waals surface area contributed by atoms with Crippen LogP contribution in [0.2, 0.25) is 0 Å². The predicted octanol–water partition coefficient (Wildman–Crippen LogP) is 0.256. The van der Waals surface area contributed by atoms with Crippen LogP contribution in [-0.2, 0) is 4.74 Å². The molecule has 3 heteroatoms. The van der Waals surface area contributed by atoms with Crippen LogP contribution in [0, 0.1) is 0 Å². The lowest BCUT2D eigenvalue weighted by Gasteiger charge is -2.24. The second-order valence-corrected chi connectivity index (χ2v) is 2.73. The maximum Gasteiger partial charge on any atom is 0.143 e. The molecular formula is C7H14O3. The minimum absolute atomic E-state index is 0.140. The number of hydrogen-bond acceptors (Lipinski definition) is 3. The van der Waals surface area contributed by atoms with E-state index in [2.05, 4.69) is 0 Å². The number of hydrogen-bond donors (Lipinski definition) is 2. The first-order chi connectivity index (χ1) is 4.83. The van der Waals surface area contributed by atoms with Gasteiger partial charge in [0.25, 0.3) is 0 Å². The highest BCUT2D eigenvalue weighted by Gasteiger charge is 2.18. The van der Waals surface area contributed by atoms with E-state index in [1.165, 1.54) is 0 Å². The van der Waals surface area contributed by atoms with E-state index in [9.17, 15) is 0 Å². The molecule has 0 saturated heterocycles. The van der Waals surface area contributed by atoms with Gasteiger partial charge in [-0.15, -0.1) is 0 Å². The Hall–Kier alpha value is -0.120. The second-order valence-electron chi connectivity index (χ2n) is 2.73. The van der Waals surface area contributed by atoms with Gasteiger partial charge in [-0.05, 0) is 25.7 Å². The Morgan fingerprint density at radius 2 is 1.80 bits per heavy atom. The Labute approximate surface area is 60.6 Å². The number of aliphatic hydroxyl groups excluding tert-OH is 2. The SMILES string of the molecule is OCOC1CCC(O)CC1. The average molecular weight is 146 g/mol. The van der Waals surface area contributed by atoms with Crippen LogP contribution in [0.15, 0.2) is 0 Å². The van der Waals surface area contributed by atoms with E-state index < -0.39 is 0 Å². The summed E-state index contributed by atoms with van der Waals surface area (Å²) in [5.74, 6) is 0. The normalized spacial score (nSPS) is 34.2. The van der Waals surface area contributed by atoms with Gasteiger partial charge in [-0.25, -0.2) is 0 Å². The summed E-state index contributed by atoms with van der Waals surface area (Å²) < 4.78 is 4.98. The molecule has 0 aromatic carbocycles. The Bertz CT molecular complexity index is 86.9. The fourth-order valence-corrected chi connectivity index (χ4v) is 1.32. The quantitative estimate of drug-likeness (QED) is 0.549. The van der Waals surface area contributed by atoms with E-state index in [4.69, 9.17) is 14.9 Å². The van der Waals surface area contributed by atoms with E-state index in [0.29, 0.717) is 0 Å². The summed E-state index contributed by atoms with van der Waals surface area (Å²) in [5, 5.41) is 17.5. The molecule has 1 aliphatic carbocycles. The van der Waals surface area contributed by atoms with Crippen LogP contribution in [0.25, 0.3) is 0 Å². The topological polar surface area (TPSA) is 49.7 Å². The van der Waals surface area contributed by atoms with E-state index in [1.54, 1.807) is 0 Å². The average Bonchev–Trinajstić information content (AvgIpc) is 1.95. The number of ether oxygens (including phenoxy) is 1. The van der Waals surface area contributed by atoms with Crippen molar-refractivity contribution in [2.45, 2.75) is 37.9 Å². The van der Waals surface area contributed by atoms with Gasteiger partial charge >= 0.3 is 0 Å². The second kappa shape index (κ2) is 3.91. The molecule has 60 valence electrons. The fraction of sp³-hybridized carbons (Fsp3) is 1.00. The molecular weight excluding hydrogens is 132 g/mol. The number of rotatable bonds is 2. The Morgan fingerprint density at radius 1 is 1.20 bits per heavy atom. The van der Waals surface area contributed by atoms with Gasteiger partial charge in [0.15, 0.2) is 0 Å². The molecule has 0 spiro atoms. The molecule has 1 saturated carbocycles. The van der Waals surface area contributed by atoms with Crippen molar-refractivity contribution < 1.29 is 14.9 Å². The summed E-state index contributed by atoms with van der Waals surface area (Å²) >= 11 is 0. The lowest BCUT2D eigenvalue weighted by atomic mass is 9.95. The van der Waals surface area contributed by atoms with E-state index in [0.717, 1.165) is 25.7 Å². The molecule has 10 heavy (non-hydrogen) atoms. The summed E-state index contributed by atoms with van der Waals surface area (Å²) in [6, 6.07) is 0. The molecule has 0 atom stereocenters. The Morgan fingerprint density at radius 3 is 2.30 bits per heavy atom. The molecule has 1 aliphatic rings. The van der Waals surface area contributed by atoms with Crippen LogP contribution in [0.4, 0.5) is 0 Å². The highest BCUT2D eigenvalue weighted by atomic mass is 16.6. The maximum absolute atomic E-state index is 9.08. The molecule has 0 aromatic heterocycles. The number of aliphatic hydroxyl groups is 2. The van der Waals surface area contributed by atoms with Gasteiger partial charge in [0, 0.05) is 0 Å². The standard InChI is InChI=1S/C7H14O3/c8-5-10-7-3-1-6(9)2-4-7/h6-9H,1-5H2. The molecule has 0 aliphatic heterocycles. The van der Waals surface area contributed by atoms with Crippen molar-refractivity contribution in [1.29, 1.82) is 0 Å². The Balaban J connectivity index is 2.13. The third kappa shape index (κ3) is 2.25. The van der Waals surface area contributed by atoms with Crippen molar-refractivity contribution in [2.75, 3.05) is 6.79 Å². The molecule has 1 fully saturated rings. The van der Waals surface area contributed by atoms with Crippen molar-refractivity contribution >= 4 is 0 Å². The van der Waals surface area contributed by atoms with Gasteiger partial charge in [-0.3, -0.25) is 0 Å². The molecule has 0 radical (unpaired) electrons. The molecule has 2 N–H and O–H groups in total. The lowest BCUT2D eigenvalue weighted by molar-refractivity contribution is -0.0742. The third-order valence-electron chi connectivity index (χ3n) is 1.95. The summed E-state index contributed by atoms with van der Waals surface area (Å²) in [6.07, 6.45) is 3.41. The van der Waals surface area contributed by atoms with Crippen molar-refractivity contribution in [3.8, 4) is 0 Å². The van der Waals surface area contributed by atoms with Crippen LogP contribution in [0.5, 0.6) is 0 Å². The van der Waals surface area contributed by atoms with Gasteiger partial charge < -0.3 is 14.9 Å². The minimum atomic E-state index is -0.194. The van der Waals surface area contributed by atoms with Gasteiger partial charge in [0.05, 0.1) is 12.2 Å². The largest absolute Gasteiger partial charge is 0.393 e. The van der Waals surface area contributed by atoms with Crippen molar-refractivity contribution in [3.63, 3.8) is 0 Å².